The molecule has 1 heterocycles. The molecule has 2 aromatic rings. The van der Waals surface area contributed by atoms with E-state index in [-0.39, 0.29) is 5.78 Å². The van der Waals surface area contributed by atoms with Crippen LogP contribution in [0.2, 0.25) is 5.02 Å². The molecule has 3 nitrogen and oxygen atoms in total. The van der Waals surface area contributed by atoms with Gasteiger partial charge in [0.1, 0.15) is 13.2 Å². The topological polar surface area (TPSA) is 35.5 Å². The molecule has 0 aliphatic carbocycles. The van der Waals surface area contributed by atoms with Crippen molar-refractivity contribution in [2.45, 2.75) is 6.92 Å². The molecular weight excluding hydrogens is 276 g/mol. The van der Waals surface area contributed by atoms with Crippen LogP contribution in [0.3, 0.4) is 0 Å². The molecule has 0 N–H and O–H groups in total. The Morgan fingerprint density at radius 2 is 1.95 bits per heavy atom. The number of para-hydroxylation sites is 1. The molecule has 0 saturated carbocycles. The maximum absolute atomic E-state index is 12.6. The van der Waals surface area contributed by atoms with Crippen molar-refractivity contribution in [3.05, 3.63) is 58.1 Å². The van der Waals surface area contributed by atoms with E-state index in [9.17, 15) is 4.79 Å². The van der Waals surface area contributed by atoms with Crippen LogP contribution in [0.5, 0.6) is 11.5 Å². The maximum Gasteiger partial charge on any atom is 0.196 e. The third kappa shape index (κ3) is 2.25. The molecule has 0 atom stereocenters. The molecule has 102 valence electrons. The third-order valence-corrected chi connectivity index (χ3v) is 3.65. The Kier molecular flexibility index (Phi) is 3.36. The van der Waals surface area contributed by atoms with Crippen molar-refractivity contribution in [2.24, 2.45) is 0 Å². The molecule has 20 heavy (non-hydrogen) atoms. The first-order valence-electron chi connectivity index (χ1n) is 6.36. The summed E-state index contributed by atoms with van der Waals surface area (Å²) in [6.07, 6.45) is 0. The molecule has 4 heteroatoms. The van der Waals surface area contributed by atoms with Gasteiger partial charge < -0.3 is 9.47 Å². The van der Waals surface area contributed by atoms with Crippen LogP contribution < -0.4 is 9.47 Å². The SMILES string of the molecule is Cc1ccc(C(=O)c2cccc3c2OCCO3)cc1Cl. The summed E-state index contributed by atoms with van der Waals surface area (Å²) in [6, 6.07) is 10.6. The Hall–Kier alpha value is -2.00. The predicted octanol–water partition coefficient (Wildman–Crippen LogP) is 3.65. The number of ketones is 1. The van der Waals surface area contributed by atoms with E-state index in [2.05, 4.69) is 0 Å². The number of ether oxygens (including phenoxy) is 2. The molecule has 0 bridgehead atoms. The number of fused-ring (bicyclic) bond motifs is 1. The number of carbonyl (C=O) groups excluding carboxylic acids is 1. The molecule has 2 aromatic carbocycles. The Morgan fingerprint density at radius 1 is 1.15 bits per heavy atom. The average Bonchev–Trinajstić information content (AvgIpc) is 2.49. The number of carbonyl (C=O) groups is 1. The fourth-order valence-electron chi connectivity index (χ4n) is 2.14. The molecule has 0 fully saturated rings. The van der Waals surface area contributed by atoms with Gasteiger partial charge in [-0.15, -0.1) is 0 Å². The maximum atomic E-state index is 12.6. The van der Waals surface area contributed by atoms with Gasteiger partial charge in [-0.25, -0.2) is 0 Å². The highest BCUT2D eigenvalue weighted by atomic mass is 35.5. The van der Waals surface area contributed by atoms with Gasteiger partial charge in [-0.1, -0.05) is 29.8 Å². The summed E-state index contributed by atoms with van der Waals surface area (Å²) >= 11 is 6.08. The number of rotatable bonds is 2. The highest BCUT2D eigenvalue weighted by Crippen LogP contribution is 2.35. The van der Waals surface area contributed by atoms with Gasteiger partial charge in [-0.2, -0.15) is 0 Å². The zero-order valence-corrected chi connectivity index (χ0v) is 11.7. The molecule has 0 unspecified atom stereocenters. The zero-order valence-electron chi connectivity index (χ0n) is 11.0. The molecule has 0 aromatic heterocycles. The molecule has 0 saturated heterocycles. The Morgan fingerprint density at radius 3 is 2.75 bits per heavy atom. The fraction of sp³-hybridized carbons (Fsp3) is 0.188. The van der Waals surface area contributed by atoms with Crippen LogP contribution in [0.1, 0.15) is 21.5 Å². The summed E-state index contributed by atoms with van der Waals surface area (Å²) in [5, 5.41) is 0.581. The number of hydrogen-bond acceptors (Lipinski definition) is 3. The van der Waals surface area contributed by atoms with Crippen LogP contribution in [-0.2, 0) is 0 Å². The lowest BCUT2D eigenvalue weighted by Crippen LogP contribution is -2.18. The van der Waals surface area contributed by atoms with Gasteiger partial charge in [-0.05, 0) is 30.7 Å². The average molecular weight is 289 g/mol. The summed E-state index contributed by atoms with van der Waals surface area (Å²) in [4.78, 5) is 12.6. The number of aryl methyl sites for hydroxylation is 1. The third-order valence-electron chi connectivity index (χ3n) is 3.24. The monoisotopic (exact) mass is 288 g/mol. The Balaban J connectivity index is 2.04. The van der Waals surface area contributed by atoms with Gasteiger partial charge in [0.05, 0.1) is 5.56 Å². The van der Waals surface area contributed by atoms with E-state index < -0.39 is 0 Å². The van der Waals surface area contributed by atoms with Gasteiger partial charge in [0, 0.05) is 10.6 Å². The molecule has 0 radical (unpaired) electrons. The Bertz CT molecular complexity index is 679. The summed E-state index contributed by atoms with van der Waals surface area (Å²) < 4.78 is 11.1. The quantitative estimate of drug-likeness (QED) is 0.791. The van der Waals surface area contributed by atoms with Gasteiger partial charge in [0.15, 0.2) is 17.3 Å². The van der Waals surface area contributed by atoms with Crippen LogP contribution >= 0.6 is 11.6 Å². The minimum Gasteiger partial charge on any atom is -0.486 e. The smallest absolute Gasteiger partial charge is 0.196 e. The lowest BCUT2D eigenvalue weighted by atomic mass is 10.0. The van der Waals surface area contributed by atoms with Gasteiger partial charge >= 0.3 is 0 Å². The molecule has 1 aliphatic rings. The highest BCUT2D eigenvalue weighted by molar-refractivity contribution is 6.32. The second-order valence-corrected chi connectivity index (χ2v) is 5.03. The normalized spacial score (nSPS) is 13.1. The molecule has 0 spiro atoms. The summed E-state index contributed by atoms with van der Waals surface area (Å²) in [6.45, 7) is 2.85. The fourth-order valence-corrected chi connectivity index (χ4v) is 2.32. The summed E-state index contributed by atoms with van der Waals surface area (Å²) in [5.41, 5.74) is 1.99. The Labute approximate surface area is 122 Å². The van der Waals surface area contributed by atoms with E-state index in [1.807, 2.05) is 13.0 Å². The zero-order chi connectivity index (χ0) is 14.1. The van der Waals surface area contributed by atoms with Crippen LogP contribution in [0.15, 0.2) is 36.4 Å². The molecule has 3 rings (SSSR count). The second kappa shape index (κ2) is 5.17. The largest absolute Gasteiger partial charge is 0.486 e. The first kappa shape index (κ1) is 13.0. The minimum absolute atomic E-state index is 0.116. The van der Waals surface area contributed by atoms with Gasteiger partial charge in [-0.3, -0.25) is 4.79 Å². The number of hydrogen-bond donors (Lipinski definition) is 0. The van der Waals surface area contributed by atoms with Crippen LogP contribution in [0, 0.1) is 6.92 Å². The van der Waals surface area contributed by atoms with Crippen LogP contribution in [0.4, 0.5) is 0 Å². The van der Waals surface area contributed by atoms with E-state index in [4.69, 9.17) is 21.1 Å². The lowest BCUT2D eigenvalue weighted by Gasteiger charge is -2.20. The van der Waals surface area contributed by atoms with Gasteiger partial charge in [0.2, 0.25) is 0 Å². The summed E-state index contributed by atoms with van der Waals surface area (Å²) in [7, 11) is 0. The first-order valence-corrected chi connectivity index (χ1v) is 6.74. The van der Waals surface area contributed by atoms with Crippen LogP contribution in [-0.4, -0.2) is 19.0 Å². The lowest BCUT2D eigenvalue weighted by molar-refractivity contribution is 0.102. The number of benzene rings is 2. The summed E-state index contributed by atoms with van der Waals surface area (Å²) in [5.74, 6) is 1.01. The van der Waals surface area contributed by atoms with E-state index >= 15 is 0 Å². The molecular formula is C16H13ClO3. The predicted molar refractivity (Wildman–Crippen MR) is 77.1 cm³/mol. The van der Waals surface area contributed by atoms with Crippen molar-refractivity contribution < 1.29 is 14.3 Å². The first-order chi connectivity index (χ1) is 9.66. The van der Waals surface area contributed by atoms with E-state index in [1.165, 1.54) is 0 Å². The van der Waals surface area contributed by atoms with Crippen LogP contribution in [0.25, 0.3) is 0 Å². The molecule has 1 aliphatic heterocycles. The minimum atomic E-state index is -0.116. The highest BCUT2D eigenvalue weighted by Gasteiger charge is 2.21. The second-order valence-electron chi connectivity index (χ2n) is 4.62. The van der Waals surface area contributed by atoms with E-state index in [0.29, 0.717) is 40.9 Å². The van der Waals surface area contributed by atoms with Crippen molar-refractivity contribution in [3.63, 3.8) is 0 Å². The number of halogens is 1. The standard InChI is InChI=1S/C16H13ClO3/c1-10-5-6-11(9-13(10)17)15(18)12-3-2-4-14-16(12)20-8-7-19-14/h2-6,9H,7-8H2,1H3. The van der Waals surface area contributed by atoms with Crippen molar-refractivity contribution in [3.8, 4) is 11.5 Å². The van der Waals surface area contributed by atoms with Crippen molar-refractivity contribution in [1.29, 1.82) is 0 Å². The van der Waals surface area contributed by atoms with Gasteiger partial charge in [0.25, 0.3) is 0 Å². The van der Waals surface area contributed by atoms with Crippen molar-refractivity contribution in [2.75, 3.05) is 13.2 Å². The van der Waals surface area contributed by atoms with E-state index in [1.54, 1.807) is 30.3 Å². The van der Waals surface area contributed by atoms with Crippen molar-refractivity contribution in [1.82, 2.24) is 0 Å². The van der Waals surface area contributed by atoms with E-state index in [0.717, 1.165) is 5.56 Å². The van der Waals surface area contributed by atoms with Crippen molar-refractivity contribution >= 4 is 17.4 Å². The molecule has 0 amide bonds.